The van der Waals surface area contributed by atoms with Crippen molar-refractivity contribution in [1.82, 2.24) is 15.0 Å². The predicted molar refractivity (Wildman–Crippen MR) is 102 cm³/mol. The molecular formula is C20H21N5O. The molecule has 0 spiro atoms. The number of aromatic nitrogens is 3. The van der Waals surface area contributed by atoms with Gasteiger partial charge >= 0.3 is 0 Å². The lowest BCUT2D eigenvalue weighted by molar-refractivity contribution is -0.120. The van der Waals surface area contributed by atoms with Gasteiger partial charge in [0.05, 0.1) is 17.2 Å². The zero-order valence-corrected chi connectivity index (χ0v) is 14.7. The summed E-state index contributed by atoms with van der Waals surface area (Å²) in [6.07, 6.45) is 5.13. The Labute approximate surface area is 152 Å². The summed E-state index contributed by atoms with van der Waals surface area (Å²) < 4.78 is 0. The average Bonchev–Trinajstić information content (AvgIpc) is 2.68. The molecule has 1 aliphatic heterocycles. The topological polar surface area (TPSA) is 71.0 Å². The van der Waals surface area contributed by atoms with Crippen molar-refractivity contribution < 1.29 is 4.79 Å². The molecule has 3 aromatic rings. The summed E-state index contributed by atoms with van der Waals surface area (Å²) in [5.41, 5.74) is 2.88. The van der Waals surface area contributed by atoms with E-state index in [1.807, 2.05) is 49.5 Å². The largest absolute Gasteiger partial charge is 0.355 e. The number of hydrogen-bond donors (Lipinski definition) is 1. The maximum atomic E-state index is 12.5. The van der Waals surface area contributed by atoms with Crippen LogP contribution in [-0.4, -0.2) is 33.9 Å². The van der Waals surface area contributed by atoms with Crippen molar-refractivity contribution in [2.75, 3.05) is 23.3 Å². The fourth-order valence-corrected chi connectivity index (χ4v) is 3.30. The minimum atomic E-state index is 0.00183. The van der Waals surface area contributed by atoms with E-state index in [-0.39, 0.29) is 11.8 Å². The van der Waals surface area contributed by atoms with Crippen LogP contribution in [0.3, 0.4) is 0 Å². The third kappa shape index (κ3) is 3.49. The molecular weight excluding hydrogens is 326 g/mol. The lowest BCUT2D eigenvalue weighted by Crippen LogP contribution is -2.38. The molecule has 6 nitrogen and oxygen atoms in total. The van der Waals surface area contributed by atoms with Crippen LogP contribution in [-0.2, 0) is 4.79 Å². The lowest BCUT2D eigenvalue weighted by Gasteiger charge is -2.32. The molecule has 2 aromatic heterocycles. The molecule has 0 aliphatic carbocycles. The van der Waals surface area contributed by atoms with Gasteiger partial charge in [0, 0.05) is 25.2 Å². The zero-order chi connectivity index (χ0) is 17.9. The first-order chi connectivity index (χ1) is 12.7. The van der Waals surface area contributed by atoms with Gasteiger partial charge in [-0.2, -0.15) is 0 Å². The van der Waals surface area contributed by atoms with Crippen LogP contribution in [0.15, 0.2) is 48.8 Å². The van der Waals surface area contributed by atoms with E-state index in [0.717, 1.165) is 48.3 Å². The Morgan fingerprint density at radius 3 is 2.65 bits per heavy atom. The van der Waals surface area contributed by atoms with Gasteiger partial charge in [0.25, 0.3) is 0 Å². The van der Waals surface area contributed by atoms with Gasteiger partial charge in [-0.25, -0.2) is 9.97 Å². The first-order valence-corrected chi connectivity index (χ1v) is 8.89. The summed E-state index contributed by atoms with van der Waals surface area (Å²) in [7, 11) is 0. The first kappa shape index (κ1) is 16.4. The van der Waals surface area contributed by atoms with Crippen molar-refractivity contribution in [3.05, 3.63) is 54.4 Å². The molecule has 1 fully saturated rings. The summed E-state index contributed by atoms with van der Waals surface area (Å²) in [6, 6.07) is 11.7. The normalized spacial score (nSPS) is 15.2. The molecule has 1 N–H and O–H groups in total. The Hall–Kier alpha value is -3.02. The van der Waals surface area contributed by atoms with Gasteiger partial charge in [-0.3, -0.25) is 9.78 Å². The molecule has 1 saturated heterocycles. The van der Waals surface area contributed by atoms with Gasteiger partial charge in [-0.05, 0) is 49.6 Å². The highest BCUT2D eigenvalue weighted by molar-refractivity contribution is 5.91. The van der Waals surface area contributed by atoms with E-state index in [2.05, 4.69) is 20.2 Å². The number of anilines is 2. The van der Waals surface area contributed by atoms with Gasteiger partial charge in [-0.15, -0.1) is 0 Å². The van der Waals surface area contributed by atoms with E-state index in [1.54, 1.807) is 6.20 Å². The second-order valence-corrected chi connectivity index (χ2v) is 6.69. The third-order valence-electron chi connectivity index (χ3n) is 4.79. The number of para-hydroxylation sites is 2. The summed E-state index contributed by atoms with van der Waals surface area (Å²) in [5.74, 6) is 1.55. The van der Waals surface area contributed by atoms with Gasteiger partial charge in [0.1, 0.15) is 11.6 Å². The van der Waals surface area contributed by atoms with Crippen LogP contribution in [0.2, 0.25) is 0 Å². The fraction of sp³-hybridized carbons (Fsp3) is 0.300. The standard InChI is InChI=1S/C20H21N5O/c1-14-6-9-21-18(12-14)24-20(26)15-7-10-25(11-8-15)19-13-22-16-4-2-3-5-17(16)23-19/h2-6,9,12-13,15H,7-8,10-11H2,1H3,(H,21,24,26). The quantitative estimate of drug-likeness (QED) is 0.788. The minimum Gasteiger partial charge on any atom is -0.355 e. The van der Waals surface area contributed by atoms with Gasteiger partial charge in [0.2, 0.25) is 5.91 Å². The van der Waals surface area contributed by atoms with Crippen LogP contribution in [0, 0.1) is 12.8 Å². The number of nitrogens with zero attached hydrogens (tertiary/aromatic N) is 4. The van der Waals surface area contributed by atoms with Gasteiger partial charge < -0.3 is 10.2 Å². The van der Waals surface area contributed by atoms with Crippen LogP contribution >= 0.6 is 0 Å². The van der Waals surface area contributed by atoms with Crippen molar-refractivity contribution in [3.63, 3.8) is 0 Å². The second kappa shape index (κ2) is 7.07. The van der Waals surface area contributed by atoms with Gasteiger partial charge in [0.15, 0.2) is 0 Å². The van der Waals surface area contributed by atoms with E-state index in [0.29, 0.717) is 5.82 Å². The van der Waals surface area contributed by atoms with Crippen molar-refractivity contribution in [3.8, 4) is 0 Å². The summed E-state index contributed by atoms with van der Waals surface area (Å²) in [5, 5.41) is 2.93. The van der Waals surface area contributed by atoms with E-state index >= 15 is 0 Å². The molecule has 132 valence electrons. The van der Waals surface area contributed by atoms with Crippen LogP contribution in [0.25, 0.3) is 11.0 Å². The maximum Gasteiger partial charge on any atom is 0.228 e. The van der Waals surface area contributed by atoms with Crippen LogP contribution in [0.5, 0.6) is 0 Å². The molecule has 0 radical (unpaired) electrons. The molecule has 0 unspecified atom stereocenters. The third-order valence-corrected chi connectivity index (χ3v) is 4.79. The molecule has 26 heavy (non-hydrogen) atoms. The molecule has 0 bridgehead atoms. The van der Waals surface area contributed by atoms with E-state index in [9.17, 15) is 4.79 Å². The second-order valence-electron chi connectivity index (χ2n) is 6.69. The monoisotopic (exact) mass is 347 g/mol. The highest BCUT2D eigenvalue weighted by Crippen LogP contribution is 2.24. The zero-order valence-electron chi connectivity index (χ0n) is 14.7. The molecule has 0 atom stereocenters. The molecule has 6 heteroatoms. The maximum absolute atomic E-state index is 12.5. The number of amides is 1. The number of fused-ring (bicyclic) bond motifs is 1. The van der Waals surface area contributed by atoms with Crippen molar-refractivity contribution in [2.24, 2.45) is 5.92 Å². The molecule has 1 amide bonds. The smallest absolute Gasteiger partial charge is 0.228 e. The number of rotatable bonds is 3. The van der Waals surface area contributed by atoms with E-state index in [4.69, 9.17) is 4.98 Å². The Morgan fingerprint density at radius 1 is 1.12 bits per heavy atom. The minimum absolute atomic E-state index is 0.00183. The molecule has 1 aliphatic rings. The molecule has 1 aromatic carbocycles. The number of carbonyl (C=O) groups is 1. The summed E-state index contributed by atoms with van der Waals surface area (Å²) >= 11 is 0. The van der Waals surface area contributed by atoms with E-state index < -0.39 is 0 Å². The lowest BCUT2D eigenvalue weighted by atomic mass is 9.96. The number of carbonyl (C=O) groups excluding carboxylic acids is 1. The Balaban J connectivity index is 1.39. The molecule has 4 rings (SSSR count). The molecule has 3 heterocycles. The fourth-order valence-electron chi connectivity index (χ4n) is 3.30. The van der Waals surface area contributed by atoms with Crippen molar-refractivity contribution in [1.29, 1.82) is 0 Å². The van der Waals surface area contributed by atoms with Crippen LogP contribution < -0.4 is 10.2 Å². The van der Waals surface area contributed by atoms with Crippen LogP contribution in [0.4, 0.5) is 11.6 Å². The van der Waals surface area contributed by atoms with Crippen LogP contribution in [0.1, 0.15) is 18.4 Å². The Kier molecular flexibility index (Phi) is 4.48. The summed E-state index contributed by atoms with van der Waals surface area (Å²) in [4.78, 5) is 28.1. The number of aryl methyl sites for hydroxylation is 1. The SMILES string of the molecule is Cc1ccnc(NC(=O)C2CCN(c3cnc4ccccc4n3)CC2)c1. The number of hydrogen-bond acceptors (Lipinski definition) is 5. The Morgan fingerprint density at radius 2 is 1.88 bits per heavy atom. The van der Waals surface area contributed by atoms with Crippen molar-refractivity contribution in [2.45, 2.75) is 19.8 Å². The van der Waals surface area contributed by atoms with Gasteiger partial charge in [-0.1, -0.05) is 12.1 Å². The number of benzene rings is 1. The van der Waals surface area contributed by atoms with E-state index in [1.165, 1.54) is 0 Å². The molecule has 0 saturated carbocycles. The first-order valence-electron chi connectivity index (χ1n) is 8.89. The Bertz CT molecular complexity index is 934. The highest BCUT2D eigenvalue weighted by atomic mass is 16.1. The average molecular weight is 347 g/mol. The summed E-state index contributed by atoms with van der Waals surface area (Å²) in [6.45, 7) is 3.58. The van der Waals surface area contributed by atoms with Crippen molar-refractivity contribution >= 4 is 28.6 Å². The number of pyridine rings is 1. The number of piperidine rings is 1. The number of nitrogens with one attached hydrogen (secondary N) is 1. The highest BCUT2D eigenvalue weighted by Gasteiger charge is 2.26. The predicted octanol–water partition coefficient (Wildman–Crippen LogP) is 3.19.